The van der Waals surface area contributed by atoms with E-state index in [0.29, 0.717) is 18.8 Å². The van der Waals surface area contributed by atoms with Gasteiger partial charge >= 0.3 is 0 Å². The molecule has 0 atom stereocenters. The Hall–Kier alpha value is -1.11. The van der Waals surface area contributed by atoms with Crippen molar-refractivity contribution in [1.82, 2.24) is 4.31 Å². The van der Waals surface area contributed by atoms with Gasteiger partial charge in [-0.25, -0.2) is 8.42 Å². The van der Waals surface area contributed by atoms with E-state index in [-0.39, 0.29) is 17.1 Å². The quantitative estimate of drug-likeness (QED) is 0.834. The van der Waals surface area contributed by atoms with Crippen LogP contribution >= 0.6 is 0 Å². The van der Waals surface area contributed by atoms with E-state index >= 15 is 0 Å². The van der Waals surface area contributed by atoms with Crippen molar-refractivity contribution in [3.8, 4) is 5.75 Å². The minimum absolute atomic E-state index is 0.144. The Morgan fingerprint density at radius 1 is 1.23 bits per heavy atom. The molecule has 0 aromatic heterocycles. The molecule has 1 aromatic rings. The third-order valence-electron chi connectivity index (χ3n) is 3.80. The van der Waals surface area contributed by atoms with Gasteiger partial charge in [0, 0.05) is 13.1 Å². The van der Waals surface area contributed by atoms with E-state index < -0.39 is 10.0 Å². The molecule has 0 spiro atoms. The number of nitrogens with zero attached hydrogens (tertiary/aromatic N) is 1. The van der Waals surface area contributed by atoms with Gasteiger partial charge in [0.2, 0.25) is 10.0 Å². The van der Waals surface area contributed by atoms with Crippen LogP contribution in [-0.4, -0.2) is 45.1 Å². The third kappa shape index (κ3) is 3.80. The van der Waals surface area contributed by atoms with Gasteiger partial charge < -0.3 is 9.47 Å². The Labute approximate surface area is 133 Å². The normalized spacial score (nSPS) is 17.9. The Bertz CT molecular complexity index is 605. The first-order valence-corrected chi connectivity index (χ1v) is 9.09. The molecule has 1 aliphatic rings. The minimum Gasteiger partial charge on any atom is -0.495 e. The molecule has 1 fully saturated rings. The fourth-order valence-electron chi connectivity index (χ4n) is 2.72. The van der Waals surface area contributed by atoms with E-state index in [9.17, 15) is 8.42 Å². The second-order valence-electron chi connectivity index (χ2n) is 5.94. The number of hydrogen-bond acceptors (Lipinski definition) is 4. The van der Waals surface area contributed by atoms with Gasteiger partial charge in [0.05, 0.1) is 19.3 Å². The molecule has 124 valence electrons. The van der Waals surface area contributed by atoms with Crippen LogP contribution < -0.4 is 4.74 Å². The molecule has 22 heavy (non-hydrogen) atoms. The first-order chi connectivity index (χ1) is 10.3. The first kappa shape index (κ1) is 17.2. The molecule has 1 aliphatic heterocycles. The van der Waals surface area contributed by atoms with Crippen LogP contribution in [0.5, 0.6) is 5.75 Å². The zero-order valence-electron chi connectivity index (χ0n) is 13.7. The van der Waals surface area contributed by atoms with E-state index in [1.807, 2.05) is 26.8 Å². The van der Waals surface area contributed by atoms with Gasteiger partial charge in [-0.05, 0) is 51.3 Å². The van der Waals surface area contributed by atoms with Crippen molar-refractivity contribution in [2.24, 2.45) is 0 Å². The van der Waals surface area contributed by atoms with Crippen LogP contribution in [0.4, 0.5) is 0 Å². The molecule has 0 saturated carbocycles. The van der Waals surface area contributed by atoms with Gasteiger partial charge in [0.1, 0.15) is 10.6 Å². The molecular weight excluding hydrogens is 302 g/mol. The zero-order chi connectivity index (χ0) is 16.3. The molecule has 0 aliphatic carbocycles. The number of methoxy groups -OCH3 is 1. The van der Waals surface area contributed by atoms with Crippen LogP contribution in [0, 0.1) is 6.92 Å². The maximum Gasteiger partial charge on any atom is 0.246 e. The lowest BCUT2D eigenvalue weighted by Gasteiger charge is -2.32. The minimum atomic E-state index is -3.53. The summed E-state index contributed by atoms with van der Waals surface area (Å²) >= 11 is 0. The highest BCUT2D eigenvalue weighted by molar-refractivity contribution is 7.89. The largest absolute Gasteiger partial charge is 0.495 e. The number of hydrogen-bond donors (Lipinski definition) is 0. The molecule has 2 rings (SSSR count). The van der Waals surface area contributed by atoms with Gasteiger partial charge in [-0.3, -0.25) is 0 Å². The van der Waals surface area contributed by atoms with Crippen LogP contribution in [-0.2, 0) is 14.8 Å². The van der Waals surface area contributed by atoms with Crippen molar-refractivity contribution >= 4 is 10.0 Å². The van der Waals surface area contributed by atoms with Crippen LogP contribution in [0.25, 0.3) is 0 Å². The summed E-state index contributed by atoms with van der Waals surface area (Å²) in [7, 11) is -2.03. The van der Waals surface area contributed by atoms with Gasteiger partial charge in [0.15, 0.2) is 0 Å². The summed E-state index contributed by atoms with van der Waals surface area (Å²) in [5.41, 5.74) is 0.900. The lowest BCUT2D eigenvalue weighted by Crippen LogP contribution is -2.41. The summed E-state index contributed by atoms with van der Waals surface area (Å²) < 4.78 is 38.2. The predicted molar refractivity (Wildman–Crippen MR) is 85.7 cm³/mol. The van der Waals surface area contributed by atoms with Gasteiger partial charge in [-0.1, -0.05) is 6.07 Å². The van der Waals surface area contributed by atoms with Gasteiger partial charge in [-0.15, -0.1) is 0 Å². The third-order valence-corrected chi connectivity index (χ3v) is 5.72. The monoisotopic (exact) mass is 327 g/mol. The number of benzene rings is 1. The lowest BCUT2D eigenvalue weighted by molar-refractivity contribution is -0.0168. The first-order valence-electron chi connectivity index (χ1n) is 7.65. The number of aryl methyl sites for hydroxylation is 1. The highest BCUT2D eigenvalue weighted by Crippen LogP contribution is 2.29. The van der Waals surface area contributed by atoms with Crippen LogP contribution in [0.3, 0.4) is 0 Å². The summed E-state index contributed by atoms with van der Waals surface area (Å²) in [4.78, 5) is 0.248. The van der Waals surface area contributed by atoms with Gasteiger partial charge in [-0.2, -0.15) is 4.31 Å². The molecule has 1 saturated heterocycles. The maximum atomic E-state index is 12.9. The SMILES string of the molecule is COc1ccc(C)cc1S(=O)(=O)N1CCC(OC(C)C)CC1. The van der Waals surface area contributed by atoms with Crippen LogP contribution in [0.1, 0.15) is 32.3 Å². The van der Waals surface area contributed by atoms with Gasteiger partial charge in [0.25, 0.3) is 0 Å². The van der Waals surface area contributed by atoms with E-state index in [1.165, 1.54) is 11.4 Å². The van der Waals surface area contributed by atoms with E-state index in [1.54, 1.807) is 12.1 Å². The second kappa shape index (κ2) is 6.98. The van der Waals surface area contributed by atoms with Crippen molar-refractivity contribution in [1.29, 1.82) is 0 Å². The summed E-state index contributed by atoms with van der Waals surface area (Å²) in [6.45, 7) is 6.84. The topological polar surface area (TPSA) is 55.8 Å². The summed E-state index contributed by atoms with van der Waals surface area (Å²) in [5.74, 6) is 0.395. The Morgan fingerprint density at radius 3 is 2.41 bits per heavy atom. The smallest absolute Gasteiger partial charge is 0.246 e. The number of piperidine rings is 1. The number of rotatable bonds is 5. The van der Waals surface area contributed by atoms with Crippen molar-refractivity contribution in [2.75, 3.05) is 20.2 Å². The average Bonchev–Trinajstić information content (AvgIpc) is 2.47. The average molecular weight is 327 g/mol. The van der Waals surface area contributed by atoms with Crippen molar-refractivity contribution < 1.29 is 17.9 Å². The highest BCUT2D eigenvalue weighted by Gasteiger charge is 2.32. The Kier molecular flexibility index (Phi) is 5.47. The number of ether oxygens (including phenoxy) is 2. The molecule has 0 radical (unpaired) electrons. The molecule has 0 amide bonds. The Balaban J connectivity index is 2.17. The van der Waals surface area contributed by atoms with Crippen molar-refractivity contribution in [2.45, 2.75) is 50.7 Å². The molecule has 1 heterocycles. The Morgan fingerprint density at radius 2 is 1.86 bits per heavy atom. The lowest BCUT2D eigenvalue weighted by atomic mass is 10.1. The molecule has 5 nitrogen and oxygen atoms in total. The van der Waals surface area contributed by atoms with Crippen molar-refractivity contribution in [3.05, 3.63) is 23.8 Å². The van der Waals surface area contributed by atoms with Crippen LogP contribution in [0.2, 0.25) is 0 Å². The molecular formula is C16H25NO4S. The number of sulfonamides is 1. The molecule has 0 bridgehead atoms. The predicted octanol–water partition coefficient (Wildman–Crippen LogP) is 2.58. The fraction of sp³-hybridized carbons (Fsp3) is 0.625. The molecule has 6 heteroatoms. The maximum absolute atomic E-state index is 12.9. The van der Waals surface area contributed by atoms with Crippen molar-refractivity contribution in [3.63, 3.8) is 0 Å². The molecule has 0 unspecified atom stereocenters. The van der Waals surface area contributed by atoms with Crippen LogP contribution in [0.15, 0.2) is 23.1 Å². The molecule has 0 N–H and O–H groups in total. The summed E-state index contributed by atoms with van der Waals surface area (Å²) in [5, 5.41) is 0. The molecule has 1 aromatic carbocycles. The highest BCUT2D eigenvalue weighted by atomic mass is 32.2. The second-order valence-corrected chi connectivity index (χ2v) is 7.85. The van der Waals surface area contributed by atoms with E-state index in [0.717, 1.165) is 18.4 Å². The van der Waals surface area contributed by atoms with E-state index in [4.69, 9.17) is 9.47 Å². The summed E-state index contributed by atoms with van der Waals surface area (Å²) in [6, 6.07) is 5.22. The standard InChI is InChI=1S/C16H25NO4S/c1-12(2)21-14-7-9-17(10-8-14)22(18,19)16-11-13(3)5-6-15(16)20-4/h5-6,11-12,14H,7-10H2,1-4H3. The zero-order valence-corrected chi connectivity index (χ0v) is 14.5. The fourth-order valence-corrected chi connectivity index (χ4v) is 4.43. The van der Waals surface area contributed by atoms with E-state index in [2.05, 4.69) is 0 Å². The summed E-state index contributed by atoms with van der Waals surface area (Å²) in [6.07, 6.45) is 1.77.